The van der Waals surface area contributed by atoms with E-state index >= 15 is 0 Å². The largest absolute Gasteiger partial charge is 0.396 e. The third kappa shape index (κ3) is 2.34. The predicted molar refractivity (Wildman–Crippen MR) is 63.8 cm³/mol. The molecular formula is C12H19N3O2. The summed E-state index contributed by atoms with van der Waals surface area (Å²) in [5.74, 6) is 0.413. The Balaban J connectivity index is 2.07. The van der Waals surface area contributed by atoms with Gasteiger partial charge in [-0.05, 0) is 32.6 Å². The highest BCUT2D eigenvalue weighted by atomic mass is 16.3. The van der Waals surface area contributed by atoms with Crippen molar-refractivity contribution in [2.75, 3.05) is 19.7 Å². The second-order valence-corrected chi connectivity index (χ2v) is 4.73. The SMILES string of the molecule is Cc1n[nH]c(C)c1C(=O)N1CCC(CO)CC1. The molecule has 5 heteroatoms. The number of hydrogen-bond acceptors (Lipinski definition) is 3. The molecule has 0 radical (unpaired) electrons. The van der Waals surface area contributed by atoms with Gasteiger partial charge in [0.1, 0.15) is 0 Å². The zero-order valence-corrected chi connectivity index (χ0v) is 10.4. The normalized spacial score (nSPS) is 17.5. The molecule has 1 aromatic heterocycles. The number of hydrogen-bond donors (Lipinski definition) is 2. The Hall–Kier alpha value is -1.36. The van der Waals surface area contributed by atoms with Gasteiger partial charge in [0.2, 0.25) is 0 Å². The molecule has 1 fully saturated rings. The van der Waals surface area contributed by atoms with E-state index in [0.29, 0.717) is 11.5 Å². The molecule has 0 unspecified atom stereocenters. The van der Waals surface area contributed by atoms with Gasteiger partial charge in [0.15, 0.2) is 0 Å². The molecule has 0 aromatic carbocycles. The van der Waals surface area contributed by atoms with Gasteiger partial charge in [-0.15, -0.1) is 0 Å². The van der Waals surface area contributed by atoms with Crippen LogP contribution in [0.1, 0.15) is 34.6 Å². The minimum Gasteiger partial charge on any atom is -0.396 e. The van der Waals surface area contributed by atoms with Gasteiger partial charge in [0.05, 0.1) is 11.3 Å². The van der Waals surface area contributed by atoms with E-state index in [-0.39, 0.29) is 12.5 Å². The number of aryl methyl sites for hydroxylation is 2. The summed E-state index contributed by atoms with van der Waals surface area (Å²) in [5.41, 5.74) is 2.29. The molecule has 1 aliphatic heterocycles. The lowest BCUT2D eigenvalue weighted by molar-refractivity contribution is 0.0649. The van der Waals surface area contributed by atoms with Crippen LogP contribution in [0.5, 0.6) is 0 Å². The van der Waals surface area contributed by atoms with Gasteiger partial charge in [0.25, 0.3) is 5.91 Å². The number of aromatic nitrogens is 2. The van der Waals surface area contributed by atoms with E-state index in [1.807, 2.05) is 18.7 Å². The van der Waals surface area contributed by atoms with Crippen molar-refractivity contribution in [3.8, 4) is 0 Å². The summed E-state index contributed by atoms with van der Waals surface area (Å²) in [7, 11) is 0. The van der Waals surface area contributed by atoms with E-state index in [4.69, 9.17) is 5.11 Å². The number of piperidine rings is 1. The number of likely N-dealkylation sites (tertiary alicyclic amines) is 1. The summed E-state index contributed by atoms with van der Waals surface area (Å²) in [6.45, 7) is 5.40. The third-order valence-electron chi connectivity index (χ3n) is 3.50. The zero-order valence-electron chi connectivity index (χ0n) is 10.4. The van der Waals surface area contributed by atoms with Crippen LogP contribution in [0.2, 0.25) is 0 Å². The first-order chi connectivity index (χ1) is 8.13. The van der Waals surface area contributed by atoms with Crippen molar-refractivity contribution in [1.29, 1.82) is 0 Å². The molecule has 0 bridgehead atoms. The fourth-order valence-electron chi connectivity index (χ4n) is 2.34. The summed E-state index contributed by atoms with van der Waals surface area (Å²) >= 11 is 0. The maximum absolute atomic E-state index is 12.3. The van der Waals surface area contributed by atoms with Crippen molar-refractivity contribution in [2.24, 2.45) is 5.92 Å². The molecule has 1 aromatic rings. The van der Waals surface area contributed by atoms with Crippen molar-refractivity contribution >= 4 is 5.91 Å². The summed E-state index contributed by atoms with van der Waals surface area (Å²) in [6.07, 6.45) is 1.77. The Morgan fingerprint density at radius 3 is 2.59 bits per heavy atom. The zero-order chi connectivity index (χ0) is 12.4. The Labute approximate surface area is 101 Å². The second-order valence-electron chi connectivity index (χ2n) is 4.73. The maximum Gasteiger partial charge on any atom is 0.257 e. The summed E-state index contributed by atoms with van der Waals surface area (Å²) in [5, 5.41) is 16.0. The van der Waals surface area contributed by atoms with E-state index in [1.54, 1.807) is 0 Å². The average molecular weight is 237 g/mol. The molecule has 2 N–H and O–H groups in total. The van der Waals surface area contributed by atoms with Gasteiger partial charge < -0.3 is 10.0 Å². The quantitative estimate of drug-likeness (QED) is 0.802. The molecule has 0 aliphatic carbocycles. The molecule has 2 rings (SSSR count). The van der Waals surface area contributed by atoms with E-state index in [9.17, 15) is 4.79 Å². The van der Waals surface area contributed by atoms with Crippen LogP contribution >= 0.6 is 0 Å². The molecule has 0 atom stereocenters. The fourth-order valence-corrected chi connectivity index (χ4v) is 2.34. The smallest absolute Gasteiger partial charge is 0.257 e. The van der Waals surface area contributed by atoms with E-state index in [2.05, 4.69) is 10.2 Å². The van der Waals surface area contributed by atoms with Gasteiger partial charge in [-0.2, -0.15) is 5.10 Å². The number of carbonyl (C=O) groups excluding carboxylic acids is 1. The number of aromatic amines is 1. The van der Waals surface area contributed by atoms with Gasteiger partial charge in [-0.3, -0.25) is 9.89 Å². The summed E-state index contributed by atoms with van der Waals surface area (Å²) in [4.78, 5) is 14.2. The molecule has 94 valence electrons. The third-order valence-corrected chi connectivity index (χ3v) is 3.50. The van der Waals surface area contributed by atoms with Gasteiger partial charge >= 0.3 is 0 Å². The minimum atomic E-state index is 0.0603. The van der Waals surface area contributed by atoms with Crippen molar-refractivity contribution < 1.29 is 9.90 Å². The van der Waals surface area contributed by atoms with Crippen LogP contribution in [-0.2, 0) is 0 Å². The first-order valence-corrected chi connectivity index (χ1v) is 6.05. The number of aliphatic hydroxyl groups is 1. The van der Waals surface area contributed by atoms with Crippen molar-refractivity contribution in [3.63, 3.8) is 0 Å². The first-order valence-electron chi connectivity index (χ1n) is 6.05. The number of nitrogens with one attached hydrogen (secondary N) is 1. The Kier molecular flexibility index (Phi) is 3.47. The van der Waals surface area contributed by atoms with Gasteiger partial charge in [-0.25, -0.2) is 0 Å². The number of rotatable bonds is 2. The molecule has 0 saturated carbocycles. The summed E-state index contributed by atoms with van der Waals surface area (Å²) in [6, 6.07) is 0. The average Bonchev–Trinajstić information content (AvgIpc) is 2.68. The Morgan fingerprint density at radius 1 is 1.47 bits per heavy atom. The number of carbonyl (C=O) groups is 1. The van der Waals surface area contributed by atoms with Crippen LogP contribution in [0.25, 0.3) is 0 Å². The lowest BCUT2D eigenvalue weighted by Crippen LogP contribution is -2.39. The number of H-pyrrole nitrogens is 1. The highest BCUT2D eigenvalue weighted by Crippen LogP contribution is 2.20. The predicted octanol–water partition coefficient (Wildman–Crippen LogP) is 0.871. The molecule has 1 aliphatic rings. The van der Waals surface area contributed by atoms with Crippen LogP contribution in [0.4, 0.5) is 0 Å². The van der Waals surface area contributed by atoms with Crippen LogP contribution < -0.4 is 0 Å². The minimum absolute atomic E-state index is 0.0603. The molecule has 1 amide bonds. The highest BCUT2D eigenvalue weighted by molar-refractivity contribution is 5.96. The Morgan fingerprint density at radius 2 is 2.12 bits per heavy atom. The van der Waals surface area contributed by atoms with Crippen LogP contribution in [0.3, 0.4) is 0 Å². The van der Waals surface area contributed by atoms with E-state index < -0.39 is 0 Å². The topological polar surface area (TPSA) is 69.2 Å². The van der Waals surface area contributed by atoms with Crippen LogP contribution in [0.15, 0.2) is 0 Å². The lowest BCUT2D eigenvalue weighted by atomic mass is 9.97. The molecule has 17 heavy (non-hydrogen) atoms. The van der Waals surface area contributed by atoms with Crippen LogP contribution in [0, 0.1) is 19.8 Å². The molecule has 2 heterocycles. The number of aliphatic hydroxyl groups excluding tert-OH is 1. The monoisotopic (exact) mass is 237 g/mol. The maximum atomic E-state index is 12.3. The highest BCUT2D eigenvalue weighted by Gasteiger charge is 2.26. The van der Waals surface area contributed by atoms with Crippen molar-refractivity contribution in [1.82, 2.24) is 15.1 Å². The summed E-state index contributed by atoms with van der Waals surface area (Å²) < 4.78 is 0. The Bertz CT molecular complexity index is 386. The fraction of sp³-hybridized carbons (Fsp3) is 0.667. The number of nitrogens with zero attached hydrogens (tertiary/aromatic N) is 2. The van der Waals surface area contributed by atoms with Crippen molar-refractivity contribution in [3.05, 3.63) is 17.0 Å². The van der Waals surface area contributed by atoms with E-state index in [0.717, 1.165) is 37.3 Å². The van der Waals surface area contributed by atoms with Crippen LogP contribution in [-0.4, -0.2) is 45.8 Å². The van der Waals surface area contributed by atoms with Crippen molar-refractivity contribution in [2.45, 2.75) is 26.7 Å². The molecule has 5 nitrogen and oxygen atoms in total. The van der Waals surface area contributed by atoms with Gasteiger partial charge in [0, 0.05) is 25.4 Å². The molecule has 1 saturated heterocycles. The van der Waals surface area contributed by atoms with E-state index in [1.165, 1.54) is 0 Å². The molecular weight excluding hydrogens is 218 g/mol. The standard InChI is InChI=1S/C12H19N3O2/c1-8-11(9(2)14-13-8)12(17)15-5-3-10(7-16)4-6-15/h10,16H,3-7H2,1-2H3,(H,13,14). The second kappa shape index (κ2) is 4.87. The first kappa shape index (κ1) is 12.1. The number of amides is 1. The lowest BCUT2D eigenvalue weighted by Gasteiger charge is -2.31. The molecule has 0 spiro atoms. The van der Waals surface area contributed by atoms with Gasteiger partial charge in [-0.1, -0.05) is 0 Å².